The predicted molar refractivity (Wildman–Crippen MR) is 157 cm³/mol. The molecule has 0 fully saturated rings. The Morgan fingerprint density at radius 2 is 1.37 bits per heavy atom. The number of amides is 1. The molecule has 0 bridgehead atoms. The first-order chi connectivity index (χ1) is 19.6. The summed E-state index contributed by atoms with van der Waals surface area (Å²) in [6, 6.07) is -1.54. The second-order valence-corrected chi connectivity index (χ2v) is 11.4. The molecule has 11 nitrogen and oxygen atoms in total. The Bertz CT molecular complexity index is 817. The lowest BCUT2D eigenvalue weighted by molar-refractivity contribution is -0.147. The number of carboxylic acid groups (broad SMARTS) is 1. The van der Waals surface area contributed by atoms with Gasteiger partial charge in [0.05, 0.1) is 13.2 Å². The van der Waals surface area contributed by atoms with E-state index in [9.17, 15) is 34.1 Å². The lowest BCUT2D eigenvalue weighted by Gasteiger charge is -2.18. The number of esters is 1. The van der Waals surface area contributed by atoms with E-state index in [4.69, 9.17) is 4.74 Å². The number of allylic oxidation sites excluding steroid dienone is 4. The van der Waals surface area contributed by atoms with Crippen LogP contribution in [-0.2, 0) is 32.7 Å². The number of carbonyl (C=O) groups is 3. The van der Waals surface area contributed by atoms with Gasteiger partial charge in [-0.05, 0) is 38.5 Å². The third-order valence-corrected chi connectivity index (χ3v) is 6.94. The summed E-state index contributed by atoms with van der Waals surface area (Å²) in [5, 5.41) is 21.3. The molecular formula is C29H52NO10P. The highest BCUT2D eigenvalue weighted by molar-refractivity contribution is 7.47. The van der Waals surface area contributed by atoms with Crippen molar-refractivity contribution in [2.75, 3.05) is 19.8 Å². The van der Waals surface area contributed by atoms with Gasteiger partial charge in [-0.2, -0.15) is 0 Å². The quantitative estimate of drug-likeness (QED) is 0.0400. The molecule has 3 atom stereocenters. The molecule has 4 N–H and O–H groups in total. The first-order valence-corrected chi connectivity index (χ1v) is 16.4. The molecule has 0 aromatic heterocycles. The van der Waals surface area contributed by atoms with Crippen LogP contribution in [0.2, 0.25) is 0 Å². The molecule has 0 aromatic rings. The number of nitrogens with one attached hydrogen (secondary N) is 1. The molecule has 0 saturated carbocycles. The first kappa shape index (κ1) is 39.0. The average molecular weight is 606 g/mol. The van der Waals surface area contributed by atoms with Crippen LogP contribution < -0.4 is 5.32 Å². The summed E-state index contributed by atoms with van der Waals surface area (Å²) in [5.41, 5.74) is 0. The number of phosphoric acid groups is 1. The minimum atomic E-state index is -4.72. The molecule has 1 amide bonds. The Morgan fingerprint density at radius 1 is 0.780 bits per heavy atom. The van der Waals surface area contributed by atoms with Crippen LogP contribution >= 0.6 is 7.82 Å². The zero-order chi connectivity index (χ0) is 30.8. The van der Waals surface area contributed by atoms with Crippen LogP contribution in [0.4, 0.5) is 0 Å². The van der Waals surface area contributed by atoms with Crippen molar-refractivity contribution in [1.82, 2.24) is 5.32 Å². The highest BCUT2D eigenvalue weighted by Gasteiger charge is 2.28. The summed E-state index contributed by atoms with van der Waals surface area (Å²) >= 11 is 0. The molecule has 0 spiro atoms. The number of unbranched alkanes of at least 4 members (excludes halogenated alkanes) is 9. The molecule has 0 aliphatic carbocycles. The molecule has 0 heterocycles. The van der Waals surface area contributed by atoms with Crippen LogP contribution in [0.3, 0.4) is 0 Å². The number of ether oxygens (including phenoxy) is 1. The number of aliphatic hydroxyl groups excluding tert-OH is 1. The zero-order valence-corrected chi connectivity index (χ0v) is 25.7. The van der Waals surface area contributed by atoms with Crippen LogP contribution in [0.5, 0.6) is 0 Å². The van der Waals surface area contributed by atoms with Gasteiger partial charge in [-0.25, -0.2) is 9.36 Å². The van der Waals surface area contributed by atoms with E-state index in [2.05, 4.69) is 45.6 Å². The Labute approximate surface area is 245 Å². The van der Waals surface area contributed by atoms with Crippen molar-refractivity contribution in [2.45, 2.75) is 122 Å². The molecule has 0 radical (unpaired) electrons. The van der Waals surface area contributed by atoms with Crippen molar-refractivity contribution in [1.29, 1.82) is 0 Å². The SMILES string of the molecule is CCCC/C=C\C/C=C\CCCCCCCC(=O)OCC(O)COP(=O)(O)OCC(NC(=O)CCCCC)C(=O)O. The van der Waals surface area contributed by atoms with Crippen LogP contribution in [0.1, 0.15) is 110 Å². The van der Waals surface area contributed by atoms with Gasteiger partial charge in [0, 0.05) is 12.8 Å². The number of rotatable bonds is 27. The number of hydrogen-bond donors (Lipinski definition) is 4. The summed E-state index contributed by atoms with van der Waals surface area (Å²) in [7, 11) is -4.72. The summed E-state index contributed by atoms with van der Waals surface area (Å²) in [6.07, 6.45) is 20.5. The van der Waals surface area contributed by atoms with E-state index in [-0.39, 0.29) is 12.8 Å². The minimum Gasteiger partial charge on any atom is -0.480 e. The lowest BCUT2D eigenvalue weighted by atomic mass is 10.1. The van der Waals surface area contributed by atoms with Crippen molar-refractivity contribution in [3.05, 3.63) is 24.3 Å². The van der Waals surface area contributed by atoms with Crippen LogP contribution in [0, 0.1) is 0 Å². The Morgan fingerprint density at radius 3 is 2.02 bits per heavy atom. The standard InChI is InChI=1S/C29H52NO10P/c1-3-5-7-8-9-10-11-12-13-14-15-16-17-19-21-28(33)38-22-25(31)23-39-41(36,37)40-24-26(29(34)35)30-27(32)20-18-6-4-2/h8-9,11-12,25-26,31H,3-7,10,13-24H2,1-2H3,(H,30,32)(H,34,35)(H,36,37)/b9-8-,12-11-. The normalized spacial score (nSPS) is 14.6. The van der Waals surface area contributed by atoms with E-state index in [0.29, 0.717) is 12.8 Å². The third-order valence-electron chi connectivity index (χ3n) is 5.99. The Balaban J connectivity index is 3.96. The van der Waals surface area contributed by atoms with E-state index < -0.39 is 57.6 Å². The van der Waals surface area contributed by atoms with Crippen LogP contribution in [0.25, 0.3) is 0 Å². The largest absolute Gasteiger partial charge is 0.480 e. The van der Waals surface area contributed by atoms with Crippen molar-refractivity contribution < 1.29 is 47.8 Å². The van der Waals surface area contributed by atoms with Crippen molar-refractivity contribution in [2.24, 2.45) is 0 Å². The molecule has 0 aliphatic heterocycles. The van der Waals surface area contributed by atoms with Gasteiger partial charge >= 0.3 is 19.8 Å². The number of carbonyl (C=O) groups excluding carboxylic acids is 2. The highest BCUT2D eigenvalue weighted by atomic mass is 31.2. The highest BCUT2D eigenvalue weighted by Crippen LogP contribution is 2.43. The van der Waals surface area contributed by atoms with Crippen molar-refractivity contribution in [3.8, 4) is 0 Å². The maximum atomic E-state index is 12.0. The average Bonchev–Trinajstić information content (AvgIpc) is 2.93. The minimum absolute atomic E-state index is 0.130. The van der Waals surface area contributed by atoms with Crippen molar-refractivity contribution >= 4 is 25.7 Å². The number of aliphatic hydroxyl groups is 1. The molecule has 12 heteroatoms. The smallest absolute Gasteiger partial charge is 0.472 e. The van der Waals surface area contributed by atoms with Gasteiger partial charge in [0.25, 0.3) is 0 Å². The summed E-state index contributed by atoms with van der Waals surface area (Å²) in [6.45, 7) is 2.25. The predicted octanol–water partition coefficient (Wildman–Crippen LogP) is 5.60. The molecule has 0 aromatic carbocycles. The molecule has 0 aliphatic rings. The summed E-state index contributed by atoms with van der Waals surface area (Å²) in [4.78, 5) is 44.8. The van der Waals surface area contributed by atoms with E-state index in [1.807, 2.05) is 6.92 Å². The second kappa shape index (κ2) is 25.7. The number of carboxylic acids is 1. The van der Waals surface area contributed by atoms with E-state index >= 15 is 0 Å². The maximum Gasteiger partial charge on any atom is 0.472 e. The second-order valence-electron chi connectivity index (χ2n) is 9.94. The molecular weight excluding hydrogens is 553 g/mol. The number of hydrogen-bond acceptors (Lipinski definition) is 8. The van der Waals surface area contributed by atoms with E-state index in [1.54, 1.807) is 0 Å². The lowest BCUT2D eigenvalue weighted by Crippen LogP contribution is -2.43. The fourth-order valence-corrected chi connectivity index (χ4v) is 4.34. The van der Waals surface area contributed by atoms with Gasteiger partial charge in [-0.1, -0.05) is 83.1 Å². The van der Waals surface area contributed by atoms with E-state index in [1.165, 1.54) is 12.8 Å². The maximum absolute atomic E-state index is 12.0. The van der Waals surface area contributed by atoms with Gasteiger partial charge in [0.1, 0.15) is 12.7 Å². The third kappa shape index (κ3) is 25.4. The fourth-order valence-electron chi connectivity index (χ4n) is 3.56. The topological polar surface area (TPSA) is 169 Å². The molecule has 41 heavy (non-hydrogen) atoms. The first-order valence-electron chi connectivity index (χ1n) is 14.9. The van der Waals surface area contributed by atoms with Gasteiger partial charge < -0.3 is 25.2 Å². The zero-order valence-electron chi connectivity index (χ0n) is 24.8. The van der Waals surface area contributed by atoms with Crippen LogP contribution in [-0.4, -0.2) is 64.9 Å². The van der Waals surface area contributed by atoms with Crippen LogP contribution in [0.15, 0.2) is 24.3 Å². The summed E-state index contributed by atoms with van der Waals surface area (Å²) < 4.78 is 26.3. The Hall–Kier alpha value is -2.04. The summed E-state index contributed by atoms with van der Waals surface area (Å²) in [5.74, 6) is -2.43. The van der Waals surface area contributed by atoms with Gasteiger partial charge in [0.15, 0.2) is 6.04 Å². The molecule has 3 unspecified atom stereocenters. The molecule has 238 valence electrons. The van der Waals surface area contributed by atoms with Gasteiger partial charge in [0.2, 0.25) is 5.91 Å². The van der Waals surface area contributed by atoms with Gasteiger partial charge in [-0.3, -0.25) is 18.6 Å². The van der Waals surface area contributed by atoms with Gasteiger partial charge in [-0.15, -0.1) is 0 Å². The molecule has 0 saturated heterocycles. The fraction of sp³-hybridized carbons (Fsp3) is 0.759. The van der Waals surface area contributed by atoms with Crippen molar-refractivity contribution in [3.63, 3.8) is 0 Å². The monoisotopic (exact) mass is 605 g/mol. The number of phosphoric ester groups is 1. The number of aliphatic carboxylic acids is 1. The Kier molecular flexibility index (Phi) is 24.4. The van der Waals surface area contributed by atoms with E-state index in [0.717, 1.165) is 57.8 Å². The molecule has 0 rings (SSSR count).